The van der Waals surface area contributed by atoms with Gasteiger partial charge in [-0.05, 0) is 12.8 Å². The molecule has 5 nitrogen and oxygen atoms in total. The van der Waals surface area contributed by atoms with E-state index in [1.54, 1.807) is 0 Å². The second kappa shape index (κ2) is 7.07. The molecule has 2 heterocycles. The Balaban J connectivity index is 1.63. The van der Waals surface area contributed by atoms with Crippen LogP contribution in [0, 0.1) is 0 Å². The van der Waals surface area contributed by atoms with Gasteiger partial charge in [-0.25, -0.2) is 0 Å². The fourth-order valence-electron chi connectivity index (χ4n) is 2.62. The van der Waals surface area contributed by atoms with Crippen molar-refractivity contribution in [2.45, 2.75) is 32.2 Å². The minimum absolute atomic E-state index is 0.0680. The van der Waals surface area contributed by atoms with Crippen molar-refractivity contribution in [2.24, 2.45) is 0 Å². The van der Waals surface area contributed by atoms with Gasteiger partial charge in [0.25, 0.3) is 0 Å². The first kappa shape index (κ1) is 13.8. The van der Waals surface area contributed by atoms with Crippen molar-refractivity contribution in [1.29, 1.82) is 0 Å². The van der Waals surface area contributed by atoms with Crippen LogP contribution >= 0.6 is 0 Å². The molecule has 2 rings (SSSR count). The molecule has 0 aromatic carbocycles. The van der Waals surface area contributed by atoms with Crippen LogP contribution in [0.4, 0.5) is 0 Å². The van der Waals surface area contributed by atoms with Gasteiger partial charge in [-0.15, -0.1) is 0 Å². The quantitative estimate of drug-likeness (QED) is 0.740. The van der Waals surface area contributed by atoms with E-state index in [0.717, 1.165) is 65.3 Å². The van der Waals surface area contributed by atoms with Crippen molar-refractivity contribution in [3.63, 3.8) is 0 Å². The van der Waals surface area contributed by atoms with Crippen molar-refractivity contribution >= 4 is 5.91 Å². The van der Waals surface area contributed by atoms with Crippen molar-refractivity contribution in [3.05, 3.63) is 0 Å². The normalized spacial score (nSPS) is 25.9. The summed E-state index contributed by atoms with van der Waals surface area (Å²) >= 11 is 0. The van der Waals surface area contributed by atoms with Gasteiger partial charge in [0.2, 0.25) is 5.91 Å². The summed E-state index contributed by atoms with van der Waals surface area (Å²) in [5.41, 5.74) is 0. The summed E-state index contributed by atoms with van der Waals surface area (Å²) in [5.74, 6) is 0.291. The molecular formula is C13H25N3O2. The molecule has 1 N–H and O–H groups in total. The molecule has 1 amide bonds. The Kier molecular flexibility index (Phi) is 5.41. The van der Waals surface area contributed by atoms with Crippen LogP contribution in [0.2, 0.25) is 0 Å². The Morgan fingerprint density at radius 2 is 2.11 bits per heavy atom. The first-order valence-electron chi connectivity index (χ1n) is 7.13. The largest absolute Gasteiger partial charge is 0.379 e. The van der Waals surface area contributed by atoms with Gasteiger partial charge in [0.05, 0.1) is 25.9 Å². The van der Waals surface area contributed by atoms with Crippen LogP contribution in [-0.2, 0) is 9.53 Å². The van der Waals surface area contributed by atoms with E-state index in [4.69, 9.17) is 4.74 Å². The molecule has 0 bridgehead atoms. The van der Waals surface area contributed by atoms with E-state index < -0.39 is 0 Å². The molecule has 1 unspecified atom stereocenters. The standard InChI is InChI=1S/C13H25N3O2/c1-2-4-12-13(17)16(11-14-12)6-3-5-15-7-9-18-10-8-15/h12,14H,2-11H2,1H3. The third-order valence-electron chi connectivity index (χ3n) is 3.72. The number of nitrogens with zero attached hydrogens (tertiary/aromatic N) is 2. The Morgan fingerprint density at radius 1 is 1.33 bits per heavy atom. The number of nitrogens with one attached hydrogen (secondary N) is 1. The van der Waals surface area contributed by atoms with E-state index in [0.29, 0.717) is 5.91 Å². The number of ether oxygens (including phenoxy) is 1. The number of hydrogen-bond donors (Lipinski definition) is 1. The van der Waals surface area contributed by atoms with Crippen molar-refractivity contribution in [1.82, 2.24) is 15.1 Å². The summed E-state index contributed by atoms with van der Waals surface area (Å²) in [6.07, 6.45) is 3.08. The van der Waals surface area contributed by atoms with Gasteiger partial charge in [0.1, 0.15) is 0 Å². The Labute approximate surface area is 109 Å². The van der Waals surface area contributed by atoms with Crippen LogP contribution in [0.15, 0.2) is 0 Å². The summed E-state index contributed by atoms with van der Waals surface area (Å²) in [6.45, 7) is 8.57. The Hall–Kier alpha value is -0.650. The van der Waals surface area contributed by atoms with E-state index >= 15 is 0 Å². The van der Waals surface area contributed by atoms with Crippen molar-refractivity contribution < 1.29 is 9.53 Å². The third kappa shape index (κ3) is 3.67. The number of hydrogen-bond acceptors (Lipinski definition) is 4. The smallest absolute Gasteiger partial charge is 0.240 e. The van der Waals surface area contributed by atoms with Crippen LogP contribution in [0.3, 0.4) is 0 Å². The number of amides is 1. The zero-order valence-electron chi connectivity index (χ0n) is 11.4. The molecule has 1 atom stereocenters. The molecule has 0 aromatic heterocycles. The Bertz CT molecular complexity index is 267. The summed E-state index contributed by atoms with van der Waals surface area (Å²) in [7, 11) is 0. The highest BCUT2D eigenvalue weighted by Gasteiger charge is 2.29. The molecular weight excluding hydrogens is 230 g/mol. The molecule has 18 heavy (non-hydrogen) atoms. The van der Waals surface area contributed by atoms with Gasteiger partial charge in [0, 0.05) is 26.2 Å². The fourth-order valence-corrected chi connectivity index (χ4v) is 2.62. The van der Waals surface area contributed by atoms with Crippen molar-refractivity contribution in [3.8, 4) is 0 Å². The summed E-state index contributed by atoms with van der Waals surface area (Å²) in [5, 5.41) is 3.29. The molecule has 0 radical (unpaired) electrons. The fraction of sp³-hybridized carbons (Fsp3) is 0.923. The lowest BCUT2D eigenvalue weighted by Crippen LogP contribution is -2.38. The molecule has 2 fully saturated rings. The summed E-state index contributed by atoms with van der Waals surface area (Å²) < 4.78 is 5.32. The highest BCUT2D eigenvalue weighted by atomic mass is 16.5. The first-order chi connectivity index (χ1) is 8.81. The second-order valence-corrected chi connectivity index (χ2v) is 5.11. The molecule has 0 aromatic rings. The van der Waals surface area contributed by atoms with Crippen LogP contribution in [0.5, 0.6) is 0 Å². The molecule has 2 aliphatic rings. The molecule has 0 aliphatic carbocycles. The molecule has 0 spiro atoms. The lowest BCUT2D eigenvalue weighted by molar-refractivity contribution is -0.129. The van der Waals surface area contributed by atoms with E-state index in [9.17, 15) is 4.79 Å². The minimum Gasteiger partial charge on any atom is -0.379 e. The third-order valence-corrected chi connectivity index (χ3v) is 3.72. The van der Waals surface area contributed by atoms with Gasteiger partial charge in [0.15, 0.2) is 0 Å². The van der Waals surface area contributed by atoms with Gasteiger partial charge < -0.3 is 9.64 Å². The molecule has 104 valence electrons. The summed E-state index contributed by atoms with van der Waals surface area (Å²) in [4.78, 5) is 16.4. The average Bonchev–Trinajstić information content (AvgIpc) is 2.73. The van der Waals surface area contributed by atoms with Crippen LogP contribution in [0.1, 0.15) is 26.2 Å². The lowest BCUT2D eigenvalue weighted by atomic mass is 10.1. The second-order valence-electron chi connectivity index (χ2n) is 5.11. The summed E-state index contributed by atoms with van der Waals surface area (Å²) in [6, 6.07) is 0.0680. The van der Waals surface area contributed by atoms with Gasteiger partial charge >= 0.3 is 0 Å². The number of rotatable bonds is 6. The van der Waals surface area contributed by atoms with Crippen LogP contribution in [-0.4, -0.2) is 67.8 Å². The number of carbonyl (C=O) groups excluding carboxylic acids is 1. The topological polar surface area (TPSA) is 44.8 Å². The zero-order chi connectivity index (χ0) is 12.8. The van der Waals surface area contributed by atoms with E-state index in [-0.39, 0.29) is 6.04 Å². The highest BCUT2D eigenvalue weighted by Crippen LogP contribution is 2.09. The van der Waals surface area contributed by atoms with E-state index in [1.165, 1.54) is 0 Å². The maximum atomic E-state index is 12.0. The van der Waals surface area contributed by atoms with Gasteiger partial charge in [-0.1, -0.05) is 13.3 Å². The number of morpholine rings is 1. The average molecular weight is 255 g/mol. The maximum absolute atomic E-state index is 12.0. The zero-order valence-corrected chi connectivity index (χ0v) is 11.4. The minimum atomic E-state index is 0.0680. The van der Waals surface area contributed by atoms with Crippen molar-refractivity contribution in [2.75, 3.05) is 46.1 Å². The van der Waals surface area contributed by atoms with Gasteiger partial charge in [-0.3, -0.25) is 15.0 Å². The van der Waals surface area contributed by atoms with Gasteiger partial charge in [-0.2, -0.15) is 0 Å². The maximum Gasteiger partial charge on any atom is 0.240 e. The predicted octanol–water partition coefficient (Wildman–Crippen LogP) is 0.267. The van der Waals surface area contributed by atoms with Crippen LogP contribution in [0.25, 0.3) is 0 Å². The monoisotopic (exact) mass is 255 g/mol. The predicted molar refractivity (Wildman–Crippen MR) is 70.3 cm³/mol. The van der Waals surface area contributed by atoms with E-state index in [1.807, 2.05) is 4.90 Å². The molecule has 2 saturated heterocycles. The van der Waals surface area contributed by atoms with E-state index in [2.05, 4.69) is 17.1 Å². The molecule has 0 saturated carbocycles. The molecule has 5 heteroatoms. The SMILES string of the molecule is CCCC1NCN(CCCN2CCOCC2)C1=O. The highest BCUT2D eigenvalue weighted by molar-refractivity contribution is 5.83. The first-order valence-corrected chi connectivity index (χ1v) is 7.13. The van der Waals surface area contributed by atoms with Crippen LogP contribution < -0.4 is 5.32 Å². The Morgan fingerprint density at radius 3 is 2.83 bits per heavy atom. The molecule has 2 aliphatic heterocycles. The number of carbonyl (C=O) groups is 1. The lowest BCUT2D eigenvalue weighted by Gasteiger charge is -2.27.